The molecule has 0 aromatic rings. The second-order valence-corrected chi connectivity index (χ2v) is 3.07. The highest BCUT2D eigenvalue weighted by atomic mass is 14.9. The van der Waals surface area contributed by atoms with Gasteiger partial charge in [-0.3, -0.25) is 0 Å². The van der Waals surface area contributed by atoms with E-state index in [1.165, 1.54) is 31.4 Å². The Morgan fingerprint density at radius 3 is 3.40 bits per heavy atom. The zero-order valence-corrected chi connectivity index (χ0v) is 6.14. The number of hydrogen-bond donors (Lipinski definition) is 1. The summed E-state index contributed by atoms with van der Waals surface area (Å²) < 4.78 is 0. The van der Waals surface area contributed by atoms with Crippen LogP contribution in [0.2, 0.25) is 0 Å². The minimum absolute atomic E-state index is 0.818. The molecule has 1 N–H and O–H groups in total. The molecule has 1 nitrogen and oxygen atoms in total. The molecule has 1 aliphatic carbocycles. The molecule has 2 aliphatic rings. The number of rotatable bonds is 0. The van der Waals surface area contributed by atoms with Crippen LogP contribution in [0.15, 0.2) is 24.0 Å². The third kappa shape index (κ3) is 0.962. The first-order chi connectivity index (χ1) is 4.97. The van der Waals surface area contributed by atoms with Crippen LogP contribution in [0.5, 0.6) is 0 Å². The van der Waals surface area contributed by atoms with E-state index >= 15 is 0 Å². The molecule has 0 fully saturated rings. The predicted molar refractivity (Wildman–Crippen MR) is 42.3 cm³/mol. The third-order valence-corrected chi connectivity index (χ3v) is 2.35. The molecule has 0 saturated carbocycles. The second kappa shape index (κ2) is 2.49. The van der Waals surface area contributed by atoms with Gasteiger partial charge in [0.15, 0.2) is 0 Å². The molecule has 0 amide bonds. The second-order valence-electron chi connectivity index (χ2n) is 3.07. The van der Waals surface area contributed by atoms with Crippen molar-refractivity contribution < 1.29 is 0 Å². The SMILES string of the molecule is C1=CNC2=CCCCC2C1. The molecule has 0 saturated heterocycles. The fourth-order valence-corrected chi connectivity index (χ4v) is 1.75. The Hall–Kier alpha value is -0.720. The van der Waals surface area contributed by atoms with Crippen LogP contribution in [0.1, 0.15) is 25.7 Å². The lowest BCUT2D eigenvalue weighted by Gasteiger charge is -2.26. The van der Waals surface area contributed by atoms with Gasteiger partial charge in [0.2, 0.25) is 0 Å². The van der Waals surface area contributed by atoms with E-state index in [1.54, 1.807) is 0 Å². The molecule has 0 aromatic carbocycles. The zero-order chi connectivity index (χ0) is 6.81. The smallest absolute Gasteiger partial charge is 0.0140 e. The highest BCUT2D eigenvalue weighted by molar-refractivity contribution is 5.15. The maximum atomic E-state index is 3.30. The van der Waals surface area contributed by atoms with Gasteiger partial charge in [0.05, 0.1) is 0 Å². The van der Waals surface area contributed by atoms with Gasteiger partial charge in [-0.25, -0.2) is 0 Å². The standard InChI is InChI=1S/C9H13N/c1-2-6-9-8(4-1)5-3-7-10-9/h3,6-8,10H,1-2,4-5H2. The van der Waals surface area contributed by atoms with E-state index in [9.17, 15) is 0 Å². The summed E-state index contributed by atoms with van der Waals surface area (Å²) >= 11 is 0. The molecule has 54 valence electrons. The van der Waals surface area contributed by atoms with Crippen LogP contribution in [0.3, 0.4) is 0 Å². The third-order valence-electron chi connectivity index (χ3n) is 2.35. The molecule has 1 atom stereocenters. The van der Waals surface area contributed by atoms with Crippen molar-refractivity contribution in [1.29, 1.82) is 0 Å². The lowest BCUT2D eigenvalue weighted by atomic mass is 9.88. The fourth-order valence-electron chi connectivity index (χ4n) is 1.75. The summed E-state index contributed by atoms with van der Waals surface area (Å²) in [4.78, 5) is 0. The highest BCUT2D eigenvalue weighted by Gasteiger charge is 2.17. The van der Waals surface area contributed by atoms with Crippen LogP contribution >= 0.6 is 0 Å². The molecule has 1 aliphatic heterocycles. The van der Waals surface area contributed by atoms with Crippen molar-refractivity contribution in [3.63, 3.8) is 0 Å². The normalized spacial score (nSPS) is 30.4. The van der Waals surface area contributed by atoms with Gasteiger partial charge >= 0.3 is 0 Å². The first kappa shape index (κ1) is 6.02. The van der Waals surface area contributed by atoms with Crippen LogP contribution in [0.25, 0.3) is 0 Å². The van der Waals surface area contributed by atoms with Gasteiger partial charge in [0.1, 0.15) is 0 Å². The van der Waals surface area contributed by atoms with Gasteiger partial charge < -0.3 is 5.32 Å². The topological polar surface area (TPSA) is 12.0 Å². The molecule has 1 unspecified atom stereocenters. The first-order valence-corrected chi connectivity index (χ1v) is 4.08. The van der Waals surface area contributed by atoms with Crippen molar-refractivity contribution in [2.75, 3.05) is 0 Å². The van der Waals surface area contributed by atoms with E-state index in [4.69, 9.17) is 0 Å². The number of allylic oxidation sites excluding steroid dienone is 3. The molecule has 0 bridgehead atoms. The van der Waals surface area contributed by atoms with Crippen molar-refractivity contribution in [3.05, 3.63) is 24.0 Å². The number of hydrogen-bond acceptors (Lipinski definition) is 1. The van der Waals surface area contributed by atoms with Crippen molar-refractivity contribution in [2.24, 2.45) is 5.92 Å². The molecule has 10 heavy (non-hydrogen) atoms. The minimum atomic E-state index is 0.818. The Bertz CT molecular complexity index is 179. The summed E-state index contributed by atoms with van der Waals surface area (Å²) in [6.07, 6.45) is 11.9. The predicted octanol–water partition coefficient (Wildman–Crippen LogP) is 2.18. The Kier molecular flexibility index (Phi) is 1.50. The monoisotopic (exact) mass is 135 g/mol. The Balaban J connectivity index is 2.17. The molecule has 0 spiro atoms. The van der Waals surface area contributed by atoms with E-state index in [-0.39, 0.29) is 0 Å². The molecule has 2 rings (SSSR count). The van der Waals surface area contributed by atoms with Crippen LogP contribution in [-0.4, -0.2) is 0 Å². The molecule has 1 heterocycles. The Morgan fingerprint density at radius 1 is 1.50 bits per heavy atom. The number of fused-ring (bicyclic) bond motifs is 1. The molecule has 0 aromatic heterocycles. The van der Waals surface area contributed by atoms with Gasteiger partial charge in [-0.05, 0) is 31.9 Å². The lowest BCUT2D eigenvalue weighted by Crippen LogP contribution is -2.21. The fraction of sp³-hybridized carbons (Fsp3) is 0.556. The van der Waals surface area contributed by atoms with E-state index < -0.39 is 0 Å². The van der Waals surface area contributed by atoms with E-state index in [0.29, 0.717) is 0 Å². The highest BCUT2D eigenvalue weighted by Crippen LogP contribution is 2.27. The summed E-state index contributed by atoms with van der Waals surface area (Å²) in [6.45, 7) is 0. The number of nitrogens with one attached hydrogen (secondary N) is 1. The van der Waals surface area contributed by atoms with Crippen LogP contribution in [0, 0.1) is 5.92 Å². The maximum Gasteiger partial charge on any atom is 0.0140 e. The van der Waals surface area contributed by atoms with Gasteiger partial charge in [-0.1, -0.05) is 12.2 Å². The van der Waals surface area contributed by atoms with Crippen LogP contribution < -0.4 is 5.32 Å². The van der Waals surface area contributed by atoms with Crippen molar-refractivity contribution in [1.82, 2.24) is 5.32 Å². The van der Waals surface area contributed by atoms with Gasteiger partial charge in [-0.15, -0.1) is 0 Å². The van der Waals surface area contributed by atoms with Crippen LogP contribution in [0.4, 0.5) is 0 Å². The Morgan fingerprint density at radius 2 is 2.50 bits per heavy atom. The first-order valence-electron chi connectivity index (χ1n) is 4.08. The van der Waals surface area contributed by atoms with E-state index in [0.717, 1.165) is 5.92 Å². The summed E-state index contributed by atoms with van der Waals surface area (Å²) in [6, 6.07) is 0. The van der Waals surface area contributed by atoms with Crippen molar-refractivity contribution in [2.45, 2.75) is 25.7 Å². The molecular formula is C9H13N. The summed E-state index contributed by atoms with van der Waals surface area (Å²) in [5.41, 5.74) is 1.47. The summed E-state index contributed by atoms with van der Waals surface area (Å²) in [7, 11) is 0. The van der Waals surface area contributed by atoms with Crippen molar-refractivity contribution in [3.8, 4) is 0 Å². The summed E-state index contributed by atoms with van der Waals surface area (Å²) in [5, 5.41) is 3.30. The lowest BCUT2D eigenvalue weighted by molar-refractivity contribution is 0.483. The zero-order valence-electron chi connectivity index (χ0n) is 6.14. The molecule has 0 radical (unpaired) electrons. The Labute approximate surface area is 61.8 Å². The maximum absolute atomic E-state index is 3.30. The minimum Gasteiger partial charge on any atom is -0.365 e. The van der Waals surface area contributed by atoms with Crippen LogP contribution in [-0.2, 0) is 0 Å². The quantitative estimate of drug-likeness (QED) is 0.536. The van der Waals surface area contributed by atoms with Gasteiger partial charge in [0, 0.05) is 11.6 Å². The van der Waals surface area contributed by atoms with E-state index in [2.05, 4.69) is 23.7 Å². The molecular weight excluding hydrogens is 122 g/mol. The van der Waals surface area contributed by atoms with Crippen molar-refractivity contribution >= 4 is 0 Å². The largest absolute Gasteiger partial charge is 0.365 e. The average molecular weight is 135 g/mol. The average Bonchev–Trinajstić information content (AvgIpc) is 2.05. The van der Waals surface area contributed by atoms with E-state index in [1.807, 2.05) is 0 Å². The summed E-state index contributed by atoms with van der Waals surface area (Å²) in [5.74, 6) is 0.818. The molecule has 1 heteroatoms. The van der Waals surface area contributed by atoms with Gasteiger partial charge in [-0.2, -0.15) is 0 Å². The van der Waals surface area contributed by atoms with Gasteiger partial charge in [0.25, 0.3) is 0 Å².